The van der Waals surface area contributed by atoms with Gasteiger partial charge in [-0.3, -0.25) is 0 Å². The number of anilines is 1. The summed E-state index contributed by atoms with van der Waals surface area (Å²) in [5.41, 5.74) is 2.09. The molecule has 1 aromatic heterocycles. The van der Waals surface area contributed by atoms with Crippen LogP contribution in [0, 0.1) is 6.92 Å². The normalized spacial score (nSPS) is 10.4. The smallest absolute Gasteiger partial charge is 0.203 e. The van der Waals surface area contributed by atoms with E-state index in [1.54, 1.807) is 0 Å². The maximum atomic E-state index is 6.12. The lowest BCUT2D eigenvalue weighted by Crippen LogP contribution is -2.04. The van der Waals surface area contributed by atoms with Gasteiger partial charge in [-0.2, -0.15) is 0 Å². The van der Waals surface area contributed by atoms with E-state index in [4.69, 9.17) is 11.6 Å². The number of hydrogen-bond donors (Lipinski definition) is 1. The minimum Gasteiger partial charge on any atom is -0.359 e. The van der Waals surface area contributed by atoms with Gasteiger partial charge in [0.25, 0.3) is 0 Å². The van der Waals surface area contributed by atoms with Crippen LogP contribution in [-0.4, -0.2) is 16.6 Å². The van der Waals surface area contributed by atoms with Crippen molar-refractivity contribution >= 4 is 17.5 Å². The summed E-state index contributed by atoms with van der Waals surface area (Å²) in [4.78, 5) is 4.36. The van der Waals surface area contributed by atoms with Gasteiger partial charge in [-0.1, -0.05) is 29.8 Å². The van der Waals surface area contributed by atoms with Crippen LogP contribution in [-0.2, 0) is 6.54 Å². The molecule has 0 atom stereocenters. The summed E-state index contributed by atoms with van der Waals surface area (Å²) in [7, 11) is 1.87. The largest absolute Gasteiger partial charge is 0.359 e. The zero-order valence-corrected chi connectivity index (χ0v) is 10.1. The molecule has 0 bridgehead atoms. The van der Waals surface area contributed by atoms with Crippen molar-refractivity contribution in [2.75, 3.05) is 12.4 Å². The number of halogens is 1. The van der Waals surface area contributed by atoms with Gasteiger partial charge in [0.15, 0.2) is 0 Å². The lowest BCUT2D eigenvalue weighted by molar-refractivity contribution is 0.805. The molecule has 0 aliphatic heterocycles. The van der Waals surface area contributed by atoms with Crippen LogP contribution in [0.15, 0.2) is 30.5 Å². The number of aromatic nitrogens is 2. The molecule has 1 aromatic carbocycles. The SMILES string of the molecule is CNc1nc(C)cn1Cc1ccccc1Cl. The van der Waals surface area contributed by atoms with Gasteiger partial charge in [0.2, 0.25) is 5.95 Å². The first-order valence-electron chi connectivity index (χ1n) is 5.15. The Morgan fingerprint density at radius 1 is 1.38 bits per heavy atom. The summed E-state index contributed by atoms with van der Waals surface area (Å²) >= 11 is 6.12. The minimum absolute atomic E-state index is 0.733. The van der Waals surface area contributed by atoms with E-state index >= 15 is 0 Å². The van der Waals surface area contributed by atoms with Crippen molar-refractivity contribution in [3.8, 4) is 0 Å². The molecule has 0 saturated carbocycles. The van der Waals surface area contributed by atoms with E-state index in [2.05, 4.69) is 14.9 Å². The molecule has 0 spiro atoms. The number of rotatable bonds is 3. The standard InChI is InChI=1S/C12H14ClN3/c1-9-7-16(12(14-2)15-9)8-10-5-3-4-6-11(10)13/h3-7H,8H2,1-2H3,(H,14,15). The zero-order valence-electron chi connectivity index (χ0n) is 9.37. The fraction of sp³-hybridized carbons (Fsp3) is 0.250. The summed E-state index contributed by atoms with van der Waals surface area (Å²) in [6.45, 7) is 2.71. The van der Waals surface area contributed by atoms with Crippen LogP contribution >= 0.6 is 11.6 Å². The van der Waals surface area contributed by atoms with Crippen molar-refractivity contribution in [3.63, 3.8) is 0 Å². The first-order valence-corrected chi connectivity index (χ1v) is 5.53. The van der Waals surface area contributed by atoms with Gasteiger partial charge in [0.05, 0.1) is 12.2 Å². The molecule has 0 aliphatic rings. The summed E-state index contributed by atoms with van der Waals surface area (Å²) in [6.07, 6.45) is 2.01. The quantitative estimate of drug-likeness (QED) is 0.887. The van der Waals surface area contributed by atoms with Gasteiger partial charge in [-0.25, -0.2) is 4.98 Å². The molecule has 1 heterocycles. The second-order valence-corrected chi connectivity index (χ2v) is 4.08. The van der Waals surface area contributed by atoms with E-state index in [-0.39, 0.29) is 0 Å². The summed E-state index contributed by atoms with van der Waals surface area (Å²) in [5.74, 6) is 0.859. The highest BCUT2D eigenvalue weighted by Gasteiger charge is 2.06. The first kappa shape index (κ1) is 11.0. The highest BCUT2D eigenvalue weighted by molar-refractivity contribution is 6.31. The van der Waals surface area contributed by atoms with Gasteiger partial charge >= 0.3 is 0 Å². The maximum Gasteiger partial charge on any atom is 0.203 e. The van der Waals surface area contributed by atoms with E-state index in [0.717, 1.165) is 28.8 Å². The molecule has 2 rings (SSSR count). The number of nitrogens with one attached hydrogen (secondary N) is 1. The third-order valence-corrected chi connectivity index (χ3v) is 2.79. The molecule has 84 valence electrons. The third-order valence-electron chi connectivity index (χ3n) is 2.42. The molecule has 0 aliphatic carbocycles. The predicted octanol–water partition coefficient (Wildman–Crippen LogP) is 2.93. The first-order chi connectivity index (χ1) is 7.70. The average molecular weight is 236 g/mol. The Labute approximate surface area is 100 Å². The molecule has 0 radical (unpaired) electrons. The Morgan fingerprint density at radius 2 is 2.12 bits per heavy atom. The van der Waals surface area contributed by atoms with Crippen LogP contribution < -0.4 is 5.32 Å². The Kier molecular flexibility index (Phi) is 3.15. The van der Waals surface area contributed by atoms with Gasteiger partial charge in [0.1, 0.15) is 0 Å². The summed E-state index contributed by atoms with van der Waals surface area (Å²) in [6, 6.07) is 7.85. The summed E-state index contributed by atoms with van der Waals surface area (Å²) < 4.78 is 2.05. The molecule has 0 amide bonds. The van der Waals surface area contributed by atoms with Crippen LogP contribution in [0.5, 0.6) is 0 Å². The van der Waals surface area contributed by atoms with E-state index in [0.29, 0.717) is 0 Å². The minimum atomic E-state index is 0.733. The van der Waals surface area contributed by atoms with Crippen LogP contribution in [0.1, 0.15) is 11.3 Å². The van der Waals surface area contributed by atoms with E-state index in [1.165, 1.54) is 0 Å². The van der Waals surface area contributed by atoms with Crippen LogP contribution in [0.2, 0.25) is 5.02 Å². The van der Waals surface area contributed by atoms with Crippen molar-refractivity contribution < 1.29 is 0 Å². The molecule has 0 unspecified atom stereocenters. The number of hydrogen-bond acceptors (Lipinski definition) is 2. The number of benzene rings is 1. The molecule has 16 heavy (non-hydrogen) atoms. The molecule has 2 aromatic rings. The van der Waals surface area contributed by atoms with Crippen molar-refractivity contribution in [2.24, 2.45) is 0 Å². The lowest BCUT2D eigenvalue weighted by Gasteiger charge is -2.08. The highest BCUT2D eigenvalue weighted by Crippen LogP contribution is 2.18. The number of nitrogens with zero attached hydrogens (tertiary/aromatic N) is 2. The maximum absolute atomic E-state index is 6.12. The van der Waals surface area contributed by atoms with Crippen molar-refractivity contribution in [2.45, 2.75) is 13.5 Å². The van der Waals surface area contributed by atoms with E-state index in [1.807, 2.05) is 44.4 Å². The molecule has 1 N–H and O–H groups in total. The molecule has 4 heteroatoms. The lowest BCUT2D eigenvalue weighted by atomic mass is 10.2. The average Bonchev–Trinajstić information content (AvgIpc) is 2.62. The van der Waals surface area contributed by atoms with Crippen LogP contribution in [0.3, 0.4) is 0 Å². The molecular weight excluding hydrogens is 222 g/mol. The zero-order chi connectivity index (χ0) is 11.5. The fourth-order valence-corrected chi connectivity index (χ4v) is 1.87. The number of imidazole rings is 1. The Morgan fingerprint density at radius 3 is 2.81 bits per heavy atom. The molecule has 3 nitrogen and oxygen atoms in total. The van der Waals surface area contributed by atoms with Crippen LogP contribution in [0.4, 0.5) is 5.95 Å². The number of aryl methyl sites for hydroxylation is 1. The van der Waals surface area contributed by atoms with Crippen molar-refractivity contribution in [1.82, 2.24) is 9.55 Å². The van der Waals surface area contributed by atoms with Crippen molar-refractivity contribution in [1.29, 1.82) is 0 Å². The van der Waals surface area contributed by atoms with E-state index in [9.17, 15) is 0 Å². The van der Waals surface area contributed by atoms with Crippen molar-refractivity contribution in [3.05, 3.63) is 46.7 Å². The van der Waals surface area contributed by atoms with Gasteiger partial charge < -0.3 is 9.88 Å². The monoisotopic (exact) mass is 235 g/mol. The predicted molar refractivity (Wildman–Crippen MR) is 67.1 cm³/mol. The molecular formula is C12H14ClN3. The Bertz CT molecular complexity index is 491. The second kappa shape index (κ2) is 4.58. The topological polar surface area (TPSA) is 29.9 Å². The van der Waals surface area contributed by atoms with E-state index < -0.39 is 0 Å². The Balaban J connectivity index is 2.30. The molecule has 0 saturated heterocycles. The fourth-order valence-electron chi connectivity index (χ4n) is 1.68. The third kappa shape index (κ3) is 2.19. The van der Waals surface area contributed by atoms with Gasteiger partial charge in [-0.05, 0) is 18.6 Å². The molecule has 0 fully saturated rings. The second-order valence-electron chi connectivity index (χ2n) is 3.68. The van der Waals surface area contributed by atoms with Gasteiger partial charge in [0, 0.05) is 18.3 Å². The Hall–Kier alpha value is -1.48. The summed E-state index contributed by atoms with van der Waals surface area (Å²) in [5, 5.41) is 3.85. The highest BCUT2D eigenvalue weighted by atomic mass is 35.5. The van der Waals surface area contributed by atoms with Gasteiger partial charge in [-0.15, -0.1) is 0 Å². The van der Waals surface area contributed by atoms with Crippen LogP contribution in [0.25, 0.3) is 0 Å².